The van der Waals surface area contributed by atoms with Gasteiger partial charge in [-0.15, -0.1) is 0 Å². The molecule has 11 heavy (non-hydrogen) atoms. The summed E-state index contributed by atoms with van der Waals surface area (Å²) in [6.07, 6.45) is 0. The summed E-state index contributed by atoms with van der Waals surface area (Å²) in [6.45, 7) is 1.57. The van der Waals surface area contributed by atoms with E-state index in [0.717, 1.165) is 13.1 Å². The zero-order chi connectivity index (χ0) is 8.43. The minimum Gasteiger partial charge on any atom is -0.480 e. The Labute approximate surface area is 70.4 Å². The quantitative estimate of drug-likeness (QED) is 0.577. The van der Waals surface area contributed by atoms with Crippen LogP contribution < -0.4 is 0 Å². The molecule has 0 amide bonds. The maximum atomic E-state index is 10.3. The Morgan fingerprint density at radius 3 is 2.73 bits per heavy atom. The third-order valence-corrected chi connectivity index (χ3v) is 2.20. The molecule has 1 fully saturated rings. The lowest BCUT2D eigenvalue weighted by Crippen LogP contribution is -2.33. The number of hydrogen-bond donors (Lipinski definition) is 1. The molecule has 0 aliphatic carbocycles. The van der Waals surface area contributed by atoms with E-state index in [2.05, 4.69) is 0 Å². The highest BCUT2D eigenvalue weighted by Gasteiger charge is 2.22. The van der Waals surface area contributed by atoms with E-state index in [4.69, 9.17) is 17.3 Å². The van der Waals surface area contributed by atoms with Gasteiger partial charge in [0.25, 0.3) is 0 Å². The van der Waals surface area contributed by atoms with Crippen molar-refractivity contribution in [2.75, 3.05) is 26.7 Å². The van der Waals surface area contributed by atoms with Gasteiger partial charge in [-0.25, -0.2) is 0 Å². The summed E-state index contributed by atoms with van der Waals surface area (Å²) in [4.78, 5) is 13.8. The van der Waals surface area contributed by atoms with Gasteiger partial charge in [0.1, 0.15) is 6.54 Å². The predicted octanol–water partition coefficient (Wildman–Crippen LogP) is -0.397. The second kappa shape index (κ2) is 3.04. The first-order chi connectivity index (χ1) is 5.11. The number of carbonyl (C=O) groups is 1. The Morgan fingerprint density at radius 1 is 1.73 bits per heavy atom. The first-order valence-electron chi connectivity index (χ1n) is 3.33. The van der Waals surface area contributed by atoms with Crippen LogP contribution in [-0.2, 0) is 4.79 Å². The number of likely N-dealkylation sites (N-methyl/N-ethyl adjacent to an activating group) is 1. The van der Waals surface area contributed by atoms with Crippen LogP contribution in [0.15, 0.2) is 0 Å². The SMILES string of the molecule is CN1CCN(CC(=O)O)C1=S. The van der Waals surface area contributed by atoms with E-state index in [0.29, 0.717) is 5.11 Å². The van der Waals surface area contributed by atoms with Crippen molar-refractivity contribution in [3.05, 3.63) is 0 Å². The number of rotatable bonds is 2. The normalized spacial score (nSPS) is 17.7. The molecule has 1 rings (SSSR count). The Kier molecular flexibility index (Phi) is 2.28. The van der Waals surface area contributed by atoms with Gasteiger partial charge in [0.2, 0.25) is 0 Å². The van der Waals surface area contributed by atoms with Crippen molar-refractivity contribution < 1.29 is 9.90 Å². The van der Waals surface area contributed by atoms with Crippen LogP contribution in [0.2, 0.25) is 0 Å². The third-order valence-electron chi connectivity index (χ3n) is 1.63. The van der Waals surface area contributed by atoms with E-state index < -0.39 is 5.97 Å². The van der Waals surface area contributed by atoms with Crippen molar-refractivity contribution >= 4 is 23.3 Å². The molecule has 1 aliphatic heterocycles. The summed E-state index contributed by atoms with van der Waals surface area (Å²) in [5, 5.41) is 9.09. The topological polar surface area (TPSA) is 43.8 Å². The van der Waals surface area contributed by atoms with E-state index in [1.165, 1.54) is 0 Å². The van der Waals surface area contributed by atoms with E-state index in [1.54, 1.807) is 4.90 Å². The molecule has 0 bridgehead atoms. The summed E-state index contributed by atoms with van der Waals surface area (Å²) in [7, 11) is 1.87. The number of thiocarbonyl (C=S) groups is 1. The van der Waals surface area contributed by atoms with Gasteiger partial charge in [0, 0.05) is 20.1 Å². The largest absolute Gasteiger partial charge is 0.480 e. The molecule has 1 aliphatic rings. The lowest BCUT2D eigenvalue weighted by atomic mass is 10.5. The molecular formula is C6H10N2O2S. The first-order valence-corrected chi connectivity index (χ1v) is 3.74. The summed E-state index contributed by atoms with van der Waals surface area (Å²) in [6, 6.07) is 0. The van der Waals surface area contributed by atoms with Crippen LogP contribution in [0.3, 0.4) is 0 Å². The van der Waals surface area contributed by atoms with Crippen LogP contribution >= 0.6 is 12.2 Å². The van der Waals surface area contributed by atoms with Crippen LogP contribution in [0, 0.1) is 0 Å². The number of nitrogens with zero attached hydrogens (tertiary/aromatic N) is 2. The van der Waals surface area contributed by atoms with Gasteiger partial charge in [-0.1, -0.05) is 0 Å². The maximum Gasteiger partial charge on any atom is 0.323 e. The highest BCUT2D eigenvalue weighted by molar-refractivity contribution is 7.80. The molecule has 4 nitrogen and oxygen atoms in total. The van der Waals surface area contributed by atoms with Crippen molar-refractivity contribution in [3.63, 3.8) is 0 Å². The van der Waals surface area contributed by atoms with E-state index in [-0.39, 0.29) is 6.54 Å². The molecule has 1 saturated heterocycles. The van der Waals surface area contributed by atoms with Gasteiger partial charge < -0.3 is 14.9 Å². The van der Waals surface area contributed by atoms with E-state index >= 15 is 0 Å². The maximum absolute atomic E-state index is 10.3. The zero-order valence-electron chi connectivity index (χ0n) is 6.28. The Morgan fingerprint density at radius 2 is 2.36 bits per heavy atom. The predicted molar refractivity (Wildman–Crippen MR) is 44.4 cm³/mol. The summed E-state index contributed by atoms with van der Waals surface area (Å²) < 4.78 is 0. The first kappa shape index (κ1) is 8.26. The molecule has 0 spiro atoms. The van der Waals surface area contributed by atoms with Crippen LogP contribution in [0.4, 0.5) is 0 Å². The van der Waals surface area contributed by atoms with Crippen LogP contribution in [-0.4, -0.2) is 52.7 Å². The van der Waals surface area contributed by atoms with Gasteiger partial charge in [-0.3, -0.25) is 4.79 Å². The monoisotopic (exact) mass is 174 g/mol. The van der Waals surface area contributed by atoms with Crippen molar-refractivity contribution in [2.24, 2.45) is 0 Å². The smallest absolute Gasteiger partial charge is 0.323 e. The molecule has 0 unspecified atom stereocenters. The fourth-order valence-electron chi connectivity index (χ4n) is 1.01. The Bertz CT molecular complexity index is 195. The van der Waals surface area contributed by atoms with Crippen molar-refractivity contribution in [3.8, 4) is 0 Å². The molecule has 0 saturated carbocycles. The molecule has 0 aromatic rings. The van der Waals surface area contributed by atoms with E-state index in [1.807, 2.05) is 11.9 Å². The molecule has 0 radical (unpaired) electrons. The number of aliphatic carboxylic acids is 1. The van der Waals surface area contributed by atoms with Crippen molar-refractivity contribution in [1.82, 2.24) is 9.80 Å². The number of carboxylic acid groups (broad SMARTS) is 1. The Hall–Kier alpha value is -0.840. The fourth-order valence-corrected chi connectivity index (χ4v) is 1.26. The highest BCUT2D eigenvalue weighted by Crippen LogP contribution is 2.04. The minimum absolute atomic E-state index is 0.0170. The minimum atomic E-state index is -0.831. The van der Waals surface area contributed by atoms with Gasteiger partial charge in [-0.05, 0) is 12.2 Å². The van der Waals surface area contributed by atoms with Crippen molar-refractivity contribution in [1.29, 1.82) is 0 Å². The summed E-state index contributed by atoms with van der Waals surface area (Å²) in [5.41, 5.74) is 0. The third kappa shape index (κ3) is 1.80. The standard InChI is InChI=1S/C6H10N2O2S/c1-7-2-3-8(6(7)11)4-5(9)10/h2-4H2,1H3,(H,9,10). The fraction of sp³-hybridized carbons (Fsp3) is 0.667. The summed E-state index contributed by atoms with van der Waals surface area (Å²) in [5.74, 6) is -0.831. The van der Waals surface area contributed by atoms with Crippen molar-refractivity contribution in [2.45, 2.75) is 0 Å². The molecule has 1 N–H and O–H groups in total. The highest BCUT2D eigenvalue weighted by atomic mass is 32.1. The van der Waals surface area contributed by atoms with Crippen LogP contribution in [0.1, 0.15) is 0 Å². The molecule has 0 atom stereocenters. The lowest BCUT2D eigenvalue weighted by molar-refractivity contribution is -0.137. The van der Waals surface area contributed by atoms with Crippen LogP contribution in [0.25, 0.3) is 0 Å². The molecule has 5 heteroatoms. The number of hydrogen-bond acceptors (Lipinski definition) is 2. The van der Waals surface area contributed by atoms with E-state index in [9.17, 15) is 4.79 Å². The summed E-state index contributed by atoms with van der Waals surface area (Å²) >= 11 is 4.97. The average Bonchev–Trinajstić information content (AvgIpc) is 2.18. The Balaban J connectivity index is 2.49. The number of carboxylic acids is 1. The molecule has 0 aromatic carbocycles. The van der Waals surface area contributed by atoms with Gasteiger partial charge in [0.15, 0.2) is 5.11 Å². The lowest BCUT2D eigenvalue weighted by Gasteiger charge is -2.15. The zero-order valence-corrected chi connectivity index (χ0v) is 7.10. The van der Waals surface area contributed by atoms with Gasteiger partial charge in [-0.2, -0.15) is 0 Å². The molecule has 0 aromatic heterocycles. The molecular weight excluding hydrogens is 164 g/mol. The average molecular weight is 174 g/mol. The second-order valence-electron chi connectivity index (χ2n) is 2.52. The van der Waals surface area contributed by atoms with Gasteiger partial charge in [0.05, 0.1) is 0 Å². The van der Waals surface area contributed by atoms with Gasteiger partial charge >= 0.3 is 5.97 Å². The second-order valence-corrected chi connectivity index (χ2v) is 2.88. The molecule has 1 heterocycles. The van der Waals surface area contributed by atoms with Crippen LogP contribution in [0.5, 0.6) is 0 Å². The molecule has 62 valence electrons.